The van der Waals surface area contributed by atoms with Crippen molar-refractivity contribution in [3.63, 3.8) is 0 Å². The lowest BCUT2D eigenvalue weighted by atomic mass is 10.1. The molecule has 0 atom stereocenters. The molecule has 1 fully saturated rings. The van der Waals surface area contributed by atoms with Crippen LogP contribution >= 0.6 is 0 Å². The van der Waals surface area contributed by atoms with Crippen LogP contribution in [0, 0.1) is 0 Å². The third-order valence-electron chi connectivity index (χ3n) is 6.17. The van der Waals surface area contributed by atoms with E-state index in [1.54, 1.807) is 0 Å². The van der Waals surface area contributed by atoms with E-state index in [2.05, 4.69) is 75.8 Å². The highest BCUT2D eigenvalue weighted by Crippen LogP contribution is 2.28. The molecule has 0 saturated carbocycles. The van der Waals surface area contributed by atoms with Gasteiger partial charge in [0.05, 0.1) is 16.9 Å². The Hall–Kier alpha value is -3.58. The maximum absolute atomic E-state index is 4.89. The maximum Gasteiger partial charge on any atom is 0.158 e. The first kappa shape index (κ1) is 21.3. The Balaban J connectivity index is 1.37. The van der Waals surface area contributed by atoms with Crippen LogP contribution in [0.4, 0.5) is 22.9 Å². The van der Waals surface area contributed by atoms with Gasteiger partial charge in [-0.2, -0.15) is 0 Å². The lowest BCUT2D eigenvalue weighted by Crippen LogP contribution is -2.44. The Morgan fingerprint density at radius 2 is 1.67 bits per heavy atom. The normalized spacial score (nSPS) is 14.5. The average molecular weight is 442 g/mol. The Morgan fingerprint density at radius 1 is 0.909 bits per heavy atom. The summed E-state index contributed by atoms with van der Waals surface area (Å²) in [5.41, 5.74) is 6.38. The molecule has 0 amide bonds. The SMILES string of the molecule is CCNc1ccccc1Nc1nc(Cc2ccc(N3CCN(C)CC3)cc2)nc2cc[nH]c12. The van der Waals surface area contributed by atoms with Gasteiger partial charge in [0.15, 0.2) is 5.82 Å². The molecule has 5 rings (SSSR count). The van der Waals surface area contributed by atoms with Gasteiger partial charge in [0.1, 0.15) is 11.3 Å². The molecule has 0 radical (unpaired) electrons. The number of anilines is 4. The number of aromatic nitrogens is 3. The van der Waals surface area contributed by atoms with E-state index >= 15 is 0 Å². The summed E-state index contributed by atoms with van der Waals surface area (Å²) in [6.45, 7) is 7.32. The van der Waals surface area contributed by atoms with E-state index < -0.39 is 0 Å². The minimum Gasteiger partial charge on any atom is -0.384 e. The number of benzene rings is 2. The van der Waals surface area contributed by atoms with Crippen LogP contribution in [-0.2, 0) is 6.42 Å². The van der Waals surface area contributed by atoms with Crippen molar-refractivity contribution >= 4 is 33.9 Å². The number of fused-ring (bicyclic) bond motifs is 1. The molecule has 3 N–H and O–H groups in total. The van der Waals surface area contributed by atoms with E-state index in [1.807, 2.05) is 24.4 Å². The van der Waals surface area contributed by atoms with E-state index in [0.717, 1.165) is 66.8 Å². The average Bonchev–Trinajstić information content (AvgIpc) is 3.31. The highest BCUT2D eigenvalue weighted by molar-refractivity contribution is 5.89. The smallest absolute Gasteiger partial charge is 0.158 e. The van der Waals surface area contributed by atoms with Crippen LogP contribution in [0.15, 0.2) is 60.8 Å². The standard InChI is InChI=1S/C26H31N7/c1-3-27-21-6-4-5-7-22(21)30-26-25-23(12-13-28-25)29-24(31-26)18-19-8-10-20(11-9-19)33-16-14-32(2)15-17-33/h4-13,27-28H,3,14-18H2,1-2H3,(H,29,30,31). The van der Waals surface area contributed by atoms with Crippen LogP contribution in [0.2, 0.25) is 0 Å². The van der Waals surface area contributed by atoms with E-state index in [4.69, 9.17) is 9.97 Å². The summed E-state index contributed by atoms with van der Waals surface area (Å²) in [4.78, 5) is 17.8. The molecule has 7 nitrogen and oxygen atoms in total. The molecule has 4 aromatic rings. The molecule has 1 saturated heterocycles. The van der Waals surface area contributed by atoms with Crippen molar-refractivity contribution in [2.75, 3.05) is 55.3 Å². The molecule has 33 heavy (non-hydrogen) atoms. The zero-order chi connectivity index (χ0) is 22.6. The van der Waals surface area contributed by atoms with Crippen LogP contribution in [-0.4, -0.2) is 59.6 Å². The summed E-state index contributed by atoms with van der Waals surface area (Å²) in [6.07, 6.45) is 2.60. The number of rotatable bonds is 7. The first-order valence-electron chi connectivity index (χ1n) is 11.7. The molecule has 7 heteroatoms. The number of H-pyrrole nitrogens is 1. The second-order valence-corrected chi connectivity index (χ2v) is 8.56. The van der Waals surface area contributed by atoms with E-state index in [-0.39, 0.29) is 0 Å². The Morgan fingerprint density at radius 3 is 2.42 bits per heavy atom. The number of hydrogen-bond donors (Lipinski definition) is 3. The third-order valence-corrected chi connectivity index (χ3v) is 6.17. The van der Waals surface area contributed by atoms with E-state index in [9.17, 15) is 0 Å². The summed E-state index contributed by atoms with van der Waals surface area (Å²) < 4.78 is 0. The Kier molecular flexibility index (Phi) is 6.13. The fourth-order valence-electron chi connectivity index (χ4n) is 4.30. The van der Waals surface area contributed by atoms with Crippen LogP contribution in [0.1, 0.15) is 18.3 Å². The van der Waals surface area contributed by atoms with Crippen molar-refractivity contribution in [2.45, 2.75) is 13.3 Å². The van der Waals surface area contributed by atoms with Crippen LogP contribution in [0.5, 0.6) is 0 Å². The number of nitrogens with zero attached hydrogens (tertiary/aromatic N) is 4. The number of likely N-dealkylation sites (N-methyl/N-ethyl adjacent to an activating group) is 1. The van der Waals surface area contributed by atoms with Gasteiger partial charge in [0.25, 0.3) is 0 Å². The molecule has 1 aliphatic rings. The molecule has 0 aliphatic carbocycles. The Bertz CT molecular complexity index is 1210. The summed E-state index contributed by atoms with van der Waals surface area (Å²) in [7, 11) is 2.18. The predicted octanol–water partition coefficient (Wildman–Crippen LogP) is 4.48. The lowest BCUT2D eigenvalue weighted by molar-refractivity contribution is 0.313. The molecule has 2 aromatic carbocycles. The molecule has 0 bridgehead atoms. The first-order chi connectivity index (χ1) is 16.2. The van der Waals surface area contributed by atoms with Gasteiger partial charge in [-0.15, -0.1) is 0 Å². The summed E-state index contributed by atoms with van der Waals surface area (Å²) in [5, 5.41) is 6.92. The van der Waals surface area contributed by atoms with Crippen molar-refractivity contribution in [3.8, 4) is 0 Å². The fourth-order valence-corrected chi connectivity index (χ4v) is 4.30. The van der Waals surface area contributed by atoms with Crippen LogP contribution in [0.3, 0.4) is 0 Å². The van der Waals surface area contributed by atoms with Gasteiger partial charge >= 0.3 is 0 Å². The summed E-state index contributed by atoms with van der Waals surface area (Å²) >= 11 is 0. The number of para-hydroxylation sites is 2. The zero-order valence-corrected chi connectivity index (χ0v) is 19.3. The van der Waals surface area contributed by atoms with Gasteiger partial charge in [-0.25, -0.2) is 9.97 Å². The number of aromatic amines is 1. The fraction of sp³-hybridized carbons (Fsp3) is 0.308. The quantitative estimate of drug-likeness (QED) is 0.393. The minimum absolute atomic E-state index is 0.688. The monoisotopic (exact) mass is 441 g/mol. The van der Waals surface area contributed by atoms with Gasteiger partial charge in [-0.1, -0.05) is 24.3 Å². The number of hydrogen-bond acceptors (Lipinski definition) is 6. The molecular formula is C26H31N7. The first-order valence-corrected chi connectivity index (χ1v) is 11.7. The van der Waals surface area contributed by atoms with Crippen molar-refractivity contribution < 1.29 is 0 Å². The highest BCUT2D eigenvalue weighted by atomic mass is 15.2. The summed E-state index contributed by atoms with van der Waals surface area (Å²) in [6, 6.07) is 19.0. The van der Waals surface area contributed by atoms with Gasteiger partial charge in [0.2, 0.25) is 0 Å². The largest absolute Gasteiger partial charge is 0.384 e. The summed E-state index contributed by atoms with van der Waals surface area (Å²) in [5.74, 6) is 1.59. The van der Waals surface area contributed by atoms with Crippen LogP contribution < -0.4 is 15.5 Å². The number of piperazine rings is 1. The maximum atomic E-state index is 4.89. The zero-order valence-electron chi connectivity index (χ0n) is 19.3. The molecular weight excluding hydrogens is 410 g/mol. The van der Waals surface area contributed by atoms with Crippen LogP contribution in [0.25, 0.3) is 11.0 Å². The predicted molar refractivity (Wildman–Crippen MR) is 137 cm³/mol. The molecule has 2 aromatic heterocycles. The molecule has 170 valence electrons. The second-order valence-electron chi connectivity index (χ2n) is 8.56. The van der Waals surface area contributed by atoms with Gasteiger partial charge in [-0.05, 0) is 49.9 Å². The van der Waals surface area contributed by atoms with Gasteiger partial charge < -0.3 is 25.4 Å². The number of nitrogens with one attached hydrogen (secondary N) is 3. The van der Waals surface area contributed by atoms with Crippen molar-refractivity contribution in [1.29, 1.82) is 0 Å². The van der Waals surface area contributed by atoms with E-state index in [1.165, 1.54) is 11.3 Å². The van der Waals surface area contributed by atoms with Crippen molar-refractivity contribution in [3.05, 3.63) is 72.2 Å². The van der Waals surface area contributed by atoms with E-state index in [0.29, 0.717) is 6.42 Å². The van der Waals surface area contributed by atoms with Gasteiger partial charge in [-0.3, -0.25) is 0 Å². The highest BCUT2D eigenvalue weighted by Gasteiger charge is 2.15. The Labute approximate surface area is 194 Å². The molecule has 3 heterocycles. The van der Waals surface area contributed by atoms with Crippen molar-refractivity contribution in [2.24, 2.45) is 0 Å². The minimum atomic E-state index is 0.688. The topological polar surface area (TPSA) is 72.1 Å². The molecule has 1 aliphatic heterocycles. The van der Waals surface area contributed by atoms with Gasteiger partial charge in [0, 0.05) is 51.0 Å². The second kappa shape index (κ2) is 9.50. The lowest BCUT2D eigenvalue weighted by Gasteiger charge is -2.34. The molecule has 0 unspecified atom stereocenters. The third kappa shape index (κ3) is 4.78. The van der Waals surface area contributed by atoms with Crippen molar-refractivity contribution in [1.82, 2.24) is 19.9 Å². The molecule has 0 spiro atoms.